The minimum Gasteiger partial charge on any atom is -0.256 e. The number of nitrogens with zero attached hydrogens (tertiary/aromatic N) is 3. The summed E-state index contributed by atoms with van der Waals surface area (Å²) >= 11 is 0. The number of fused-ring (bicyclic) bond motifs is 1. The minimum atomic E-state index is 0.927. The first-order chi connectivity index (χ1) is 34.1. The lowest BCUT2D eigenvalue weighted by atomic mass is 9.86. The van der Waals surface area contributed by atoms with Gasteiger partial charge in [-0.3, -0.25) is 9.97 Å². The third-order valence-corrected chi connectivity index (χ3v) is 13.4. The van der Waals surface area contributed by atoms with E-state index in [0.717, 1.165) is 70.5 Å². The van der Waals surface area contributed by atoms with Crippen LogP contribution >= 0.6 is 0 Å². The van der Waals surface area contributed by atoms with Gasteiger partial charge in [-0.1, -0.05) is 188 Å². The molecule has 0 atom stereocenters. The van der Waals surface area contributed by atoms with Gasteiger partial charge >= 0.3 is 0 Å². The Morgan fingerprint density at radius 3 is 1.41 bits per heavy atom. The molecule has 8 aromatic carbocycles. The van der Waals surface area contributed by atoms with Crippen LogP contribution in [0.2, 0.25) is 0 Å². The van der Waals surface area contributed by atoms with Crippen molar-refractivity contribution >= 4 is 10.9 Å². The Balaban J connectivity index is 0.975. The Kier molecular flexibility index (Phi) is 12.3. The van der Waals surface area contributed by atoms with Crippen molar-refractivity contribution in [1.29, 1.82) is 0 Å². The van der Waals surface area contributed by atoms with Crippen LogP contribution in [0.5, 0.6) is 0 Å². The summed E-state index contributed by atoms with van der Waals surface area (Å²) in [6.45, 7) is 2.18. The Morgan fingerprint density at radius 2 is 0.783 bits per heavy atom. The quantitative estimate of drug-likeness (QED) is 0.116. The molecule has 0 N–H and O–H groups in total. The van der Waals surface area contributed by atoms with Crippen LogP contribution in [-0.2, 0) is 25.7 Å². The van der Waals surface area contributed by atoms with Crippen LogP contribution in [-0.4, -0.2) is 15.0 Å². The van der Waals surface area contributed by atoms with Gasteiger partial charge in [-0.25, -0.2) is 4.98 Å². The molecule has 0 saturated heterocycles. The Bertz CT molecular complexity index is 3410. The summed E-state index contributed by atoms with van der Waals surface area (Å²) in [7, 11) is 0. The molecule has 11 aromatic rings. The average molecular weight is 886 g/mol. The lowest BCUT2D eigenvalue weighted by Crippen LogP contribution is -1.98. The molecule has 0 spiro atoms. The number of hydrogen-bond donors (Lipinski definition) is 0. The minimum absolute atomic E-state index is 0.927. The van der Waals surface area contributed by atoms with Gasteiger partial charge < -0.3 is 0 Å². The zero-order valence-electron chi connectivity index (χ0n) is 38.8. The van der Waals surface area contributed by atoms with Gasteiger partial charge in [-0.15, -0.1) is 0 Å². The first kappa shape index (κ1) is 43.1. The van der Waals surface area contributed by atoms with Crippen LogP contribution in [0.15, 0.2) is 243 Å². The zero-order valence-corrected chi connectivity index (χ0v) is 38.8. The van der Waals surface area contributed by atoms with Crippen molar-refractivity contribution < 1.29 is 0 Å². The van der Waals surface area contributed by atoms with E-state index in [1.165, 1.54) is 72.1 Å². The van der Waals surface area contributed by atoms with E-state index in [0.29, 0.717) is 0 Å². The number of para-hydroxylation sites is 1. The molecule has 330 valence electrons. The molecule has 0 fully saturated rings. The van der Waals surface area contributed by atoms with Crippen molar-refractivity contribution in [1.82, 2.24) is 15.0 Å². The summed E-state index contributed by atoms with van der Waals surface area (Å²) in [4.78, 5) is 14.3. The molecule has 11 rings (SSSR count). The summed E-state index contributed by atoms with van der Waals surface area (Å²) in [5, 5.41) is 1.18. The van der Waals surface area contributed by atoms with Crippen LogP contribution in [0.1, 0.15) is 27.8 Å². The van der Waals surface area contributed by atoms with Crippen LogP contribution < -0.4 is 0 Å². The summed E-state index contributed by atoms with van der Waals surface area (Å²) in [6, 6.07) is 83.4. The van der Waals surface area contributed by atoms with Crippen molar-refractivity contribution in [3.05, 3.63) is 271 Å². The topological polar surface area (TPSA) is 38.7 Å². The highest BCUT2D eigenvalue weighted by molar-refractivity contribution is 5.94. The van der Waals surface area contributed by atoms with Gasteiger partial charge in [0.2, 0.25) is 0 Å². The molecule has 0 saturated carbocycles. The monoisotopic (exact) mass is 885 g/mol. The van der Waals surface area contributed by atoms with Crippen molar-refractivity contribution in [2.75, 3.05) is 0 Å². The molecule has 3 nitrogen and oxygen atoms in total. The van der Waals surface area contributed by atoms with Crippen molar-refractivity contribution in [2.24, 2.45) is 0 Å². The second-order valence-corrected chi connectivity index (χ2v) is 18.0. The molecule has 3 heteroatoms. The van der Waals surface area contributed by atoms with E-state index < -0.39 is 0 Å². The standard InChI is InChI=1S/C66H51N3/c1-46-41-66(69-65-20-8-7-15-58(46)65)56-37-38-61(62(45-56)53-35-33-52(34-36-53)51-13-3-2-4-14-51)60-17-6-5-16-59(60)57-43-49(23-21-47-25-29-54(30-26-47)63-18-9-11-39-67-63)42-50(44-57)24-22-48-27-31-55(32-28-48)64-19-10-12-40-68-64/h2-20,25-45H,21-24H2,1H3. The maximum atomic E-state index is 5.19. The normalized spacial score (nSPS) is 11.2. The van der Waals surface area contributed by atoms with Crippen LogP contribution in [0, 0.1) is 6.92 Å². The fourth-order valence-corrected chi connectivity index (χ4v) is 9.65. The number of pyridine rings is 3. The van der Waals surface area contributed by atoms with Gasteiger partial charge in [0.05, 0.1) is 22.6 Å². The van der Waals surface area contributed by atoms with Crippen molar-refractivity contribution in [2.45, 2.75) is 32.6 Å². The summed E-state index contributed by atoms with van der Waals surface area (Å²) in [5.41, 5.74) is 23.4. The molecule has 3 heterocycles. The van der Waals surface area contributed by atoms with Gasteiger partial charge in [0.1, 0.15) is 0 Å². The molecular formula is C66H51N3. The molecule has 0 aliphatic rings. The highest BCUT2D eigenvalue weighted by Crippen LogP contribution is 2.41. The SMILES string of the molecule is Cc1cc(-c2ccc(-c3ccccc3-c3cc(CCc4ccc(-c5ccccn5)cc4)cc(CCc4ccc(-c5ccccn5)cc4)c3)c(-c3ccc(-c4ccccc4)cc3)c2)nc2ccccc12. The molecule has 0 aliphatic carbocycles. The molecule has 0 radical (unpaired) electrons. The molecule has 3 aromatic heterocycles. The van der Waals surface area contributed by atoms with Crippen LogP contribution in [0.4, 0.5) is 0 Å². The first-order valence-corrected chi connectivity index (χ1v) is 24.0. The first-order valence-electron chi connectivity index (χ1n) is 24.0. The Hall–Kier alpha value is -8.53. The molecule has 0 unspecified atom stereocenters. The van der Waals surface area contributed by atoms with E-state index in [1.807, 2.05) is 36.7 Å². The fourth-order valence-electron chi connectivity index (χ4n) is 9.65. The third-order valence-electron chi connectivity index (χ3n) is 13.4. The predicted molar refractivity (Wildman–Crippen MR) is 288 cm³/mol. The number of rotatable bonds is 13. The van der Waals surface area contributed by atoms with Crippen LogP contribution in [0.25, 0.3) is 89.2 Å². The summed E-state index contributed by atoms with van der Waals surface area (Å²) < 4.78 is 0. The van der Waals surface area contributed by atoms with E-state index in [4.69, 9.17) is 4.98 Å². The highest BCUT2D eigenvalue weighted by Gasteiger charge is 2.17. The lowest BCUT2D eigenvalue weighted by molar-refractivity contribution is 0.931. The summed E-state index contributed by atoms with van der Waals surface area (Å²) in [6.07, 6.45) is 7.44. The van der Waals surface area contributed by atoms with E-state index in [-0.39, 0.29) is 0 Å². The lowest BCUT2D eigenvalue weighted by Gasteiger charge is -2.18. The largest absolute Gasteiger partial charge is 0.256 e. The Labute approximate surface area is 405 Å². The number of aryl methyl sites for hydroxylation is 5. The van der Waals surface area contributed by atoms with Crippen molar-refractivity contribution in [3.63, 3.8) is 0 Å². The molecular weight excluding hydrogens is 835 g/mol. The zero-order chi connectivity index (χ0) is 46.4. The maximum Gasteiger partial charge on any atom is 0.0712 e. The Morgan fingerprint density at radius 1 is 0.290 bits per heavy atom. The van der Waals surface area contributed by atoms with Gasteiger partial charge in [-0.2, -0.15) is 0 Å². The van der Waals surface area contributed by atoms with Crippen LogP contribution in [0.3, 0.4) is 0 Å². The molecule has 0 amide bonds. The average Bonchev–Trinajstić information content (AvgIpc) is 3.43. The number of benzene rings is 8. The second kappa shape index (κ2) is 19.7. The fraction of sp³-hybridized carbons (Fsp3) is 0.0758. The molecule has 69 heavy (non-hydrogen) atoms. The molecule has 0 bridgehead atoms. The van der Waals surface area contributed by atoms with E-state index >= 15 is 0 Å². The highest BCUT2D eigenvalue weighted by atomic mass is 14.7. The van der Waals surface area contributed by atoms with Gasteiger partial charge in [0, 0.05) is 34.5 Å². The number of aromatic nitrogens is 3. The number of hydrogen-bond acceptors (Lipinski definition) is 3. The van der Waals surface area contributed by atoms with Gasteiger partial charge in [0.25, 0.3) is 0 Å². The molecule has 0 aliphatic heterocycles. The predicted octanol–water partition coefficient (Wildman–Crippen LogP) is 16.6. The maximum absolute atomic E-state index is 5.19. The second-order valence-electron chi connectivity index (χ2n) is 18.0. The summed E-state index contributed by atoms with van der Waals surface area (Å²) in [5.74, 6) is 0. The van der Waals surface area contributed by atoms with E-state index in [2.05, 4.69) is 223 Å². The van der Waals surface area contributed by atoms with E-state index in [9.17, 15) is 0 Å². The van der Waals surface area contributed by atoms with Gasteiger partial charge in [0.15, 0.2) is 0 Å². The van der Waals surface area contributed by atoms with E-state index in [1.54, 1.807) is 0 Å². The third kappa shape index (κ3) is 9.68. The van der Waals surface area contributed by atoms with Gasteiger partial charge in [-0.05, 0) is 147 Å². The smallest absolute Gasteiger partial charge is 0.0712 e. The van der Waals surface area contributed by atoms with Crippen molar-refractivity contribution in [3.8, 4) is 78.3 Å².